The SMILES string of the molecule is CN(Cc1cc(-c2ccccc2)n[nH]1)C(=O)c1cn(C)c(=O)[nH]c1=O. The van der Waals surface area contributed by atoms with Crippen molar-refractivity contribution in [1.29, 1.82) is 0 Å². The van der Waals surface area contributed by atoms with Crippen molar-refractivity contribution in [2.75, 3.05) is 7.05 Å². The maximum Gasteiger partial charge on any atom is 0.328 e. The molecule has 8 heteroatoms. The van der Waals surface area contributed by atoms with Crippen molar-refractivity contribution in [3.05, 3.63) is 74.7 Å². The number of carbonyl (C=O) groups excluding carboxylic acids is 1. The summed E-state index contributed by atoms with van der Waals surface area (Å²) in [6, 6.07) is 11.5. The van der Waals surface area contributed by atoms with Crippen molar-refractivity contribution >= 4 is 5.91 Å². The van der Waals surface area contributed by atoms with E-state index in [-0.39, 0.29) is 12.1 Å². The Hall–Kier alpha value is -3.42. The van der Waals surface area contributed by atoms with Gasteiger partial charge in [-0.05, 0) is 6.07 Å². The molecule has 2 heterocycles. The molecule has 2 N–H and O–H groups in total. The molecule has 1 aromatic carbocycles. The maximum atomic E-state index is 12.5. The molecular formula is C17H17N5O3. The first-order valence-electron chi connectivity index (χ1n) is 7.61. The van der Waals surface area contributed by atoms with Crippen LogP contribution in [0.15, 0.2) is 52.2 Å². The minimum Gasteiger partial charge on any atom is -0.336 e. The van der Waals surface area contributed by atoms with E-state index in [1.165, 1.54) is 18.1 Å². The van der Waals surface area contributed by atoms with Gasteiger partial charge in [-0.15, -0.1) is 0 Å². The molecule has 0 atom stereocenters. The van der Waals surface area contributed by atoms with Crippen LogP contribution in [0.1, 0.15) is 16.1 Å². The molecule has 0 unspecified atom stereocenters. The third-order valence-electron chi connectivity index (χ3n) is 3.79. The molecule has 2 aromatic heterocycles. The highest BCUT2D eigenvalue weighted by Gasteiger charge is 2.18. The Morgan fingerprint density at radius 2 is 1.96 bits per heavy atom. The number of rotatable bonds is 4. The maximum absolute atomic E-state index is 12.5. The van der Waals surface area contributed by atoms with E-state index in [0.717, 1.165) is 21.5 Å². The summed E-state index contributed by atoms with van der Waals surface area (Å²) in [6.45, 7) is 0.251. The first kappa shape index (κ1) is 16.4. The summed E-state index contributed by atoms with van der Waals surface area (Å²) in [7, 11) is 3.05. The average molecular weight is 339 g/mol. The van der Waals surface area contributed by atoms with Crippen LogP contribution in [-0.2, 0) is 13.6 Å². The minimum absolute atomic E-state index is 0.0904. The van der Waals surface area contributed by atoms with Gasteiger partial charge in [0.2, 0.25) is 0 Å². The van der Waals surface area contributed by atoms with Gasteiger partial charge in [-0.2, -0.15) is 5.10 Å². The second kappa shape index (κ2) is 6.60. The number of nitrogens with one attached hydrogen (secondary N) is 2. The molecule has 25 heavy (non-hydrogen) atoms. The van der Waals surface area contributed by atoms with Gasteiger partial charge in [0, 0.05) is 25.9 Å². The van der Waals surface area contributed by atoms with E-state index in [1.54, 1.807) is 7.05 Å². The highest BCUT2D eigenvalue weighted by atomic mass is 16.2. The largest absolute Gasteiger partial charge is 0.336 e. The van der Waals surface area contributed by atoms with Crippen LogP contribution in [0.25, 0.3) is 11.3 Å². The Morgan fingerprint density at radius 1 is 1.24 bits per heavy atom. The van der Waals surface area contributed by atoms with E-state index in [1.807, 2.05) is 36.4 Å². The van der Waals surface area contributed by atoms with Crippen LogP contribution in [0.5, 0.6) is 0 Å². The Labute approximate surface area is 142 Å². The van der Waals surface area contributed by atoms with E-state index in [2.05, 4.69) is 15.2 Å². The minimum atomic E-state index is -0.700. The summed E-state index contributed by atoms with van der Waals surface area (Å²) in [5, 5.41) is 7.13. The number of carbonyl (C=O) groups is 1. The molecule has 0 saturated heterocycles. The second-order valence-electron chi connectivity index (χ2n) is 5.72. The van der Waals surface area contributed by atoms with Crippen LogP contribution in [0.2, 0.25) is 0 Å². The Balaban J connectivity index is 1.79. The molecular weight excluding hydrogens is 322 g/mol. The molecule has 1 amide bonds. The molecule has 8 nitrogen and oxygen atoms in total. The third-order valence-corrected chi connectivity index (χ3v) is 3.79. The fourth-order valence-electron chi connectivity index (χ4n) is 2.45. The van der Waals surface area contributed by atoms with E-state index < -0.39 is 17.2 Å². The molecule has 0 aliphatic heterocycles. The smallest absolute Gasteiger partial charge is 0.328 e. The van der Waals surface area contributed by atoms with Gasteiger partial charge in [-0.3, -0.25) is 19.7 Å². The van der Waals surface area contributed by atoms with Gasteiger partial charge in [-0.1, -0.05) is 30.3 Å². The standard InChI is InChI=1S/C17H17N5O3/c1-21(16(24)13-10-22(2)17(25)18-15(13)23)9-12-8-14(20-19-12)11-6-4-3-5-7-11/h3-8,10H,9H2,1-2H3,(H,19,20)(H,18,23,25). The number of nitrogens with zero attached hydrogens (tertiary/aromatic N) is 3. The summed E-state index contributed by atoms with van der Waals surface area (Å²) >= 11 is 0. The Kier molecular flexibility index (Phi) is 4.34. The molecule has 0 bridgehead atoms. The predicted octanol–water partition coefficient (Wildman–Crippen LogP) is 0.736. The zero-order valence-electron chi connectivity index (χ0n) is 13.8. The van der Waals surface area contributed by atoms with Crippen molar-refractivity contribution in [1.82, 2.24) is 24.6 Å². The van der Waals surface area contributed by atoms with E-state index >= 15 is 0 Å². The lowest BCUT2D eigenvalue weighted by Crippen LogP contribution is -2.36. The van der Waals surface area contributed by atoms with Gasteiger partial charge in [0.05, 0.1) is 17.9 Å². The summed E-state index contributed by atoms with van der Waals surface area (Å²) in [4.78, 5) is 39.2. The monoisotopic (exact) mass is 339 g/mol. The Bertz CT molecular complexity index is 1020. The first-order valence-corrected chi connectivity index (χ1v) is 7.61. The van der Waals surface area contributed by atoms with Crippen molar-refractivity contribution in [3.8, 4) is 11.3 Å². The van der Waals surface area contributed by atoms with Crippen molar-refractivity contribution < 1.29 is 4.79 Å². The lowest BCUT2D eigenvalue weighted by molar-refractivity contribution is 0.0780. The summed E-state index contributed by atoms with van der Waals surface area (Å²) in [5.41, 5.74) is 1.12. The lowest BCUT2D eigenvalue weighted by atomic mass is 10.1. The molecule has 3 rings (SSSR count). The van der Waals surface area contributed by atoms with Crippen LogP contribution in [-0.4, -0.2) is 37.6 Å². The number of amides is 1. The second-order valence-corrected chi connectivity index (χ2v) is 5.72. The normalized spacial score (nSPS) is 10.6. The van der Waals surface area contributed by atoms with Crippen LogP contribution in [0.4, 0.5) is 0 Å². The molecule has 0 radical (unpaired) electrons. The van der Waals surface area contributed by atoms with Gasteiger partial charge < -0.3 is 9.47 Å². The number of aryl methyl sites for hydroxylation is 1. The van der Waals surface area contributed by atoms with Gasteiger partial charge in [0.1, 0.15) is 5.56 Å². The van der Waals surface area contributed by atoms with Gasteiger partial charge in [0.25, 0.3) is 11.5 Å². The third kappa shape index (κ3) is 3.42. The van der Waals surface area contributed by atoms with Crippen molar-refractivity contribution in [3.63, 3.8) is 0 Å². The fraction of sp³-hybridized carbons (Fsp3) is 0.176. The van der Waals surface area contributed by atoms with Gasteiger partial charge in [-0.25, -0.2) is 4.79 Å². The Morgan fingerprint density at radius 3 is 2.68 bits per heavy atom. The molecule has 0 saturated carbocycles. The van der Waals surface area contributed by atoms with Gasteiger partial charge in [0.15, 0.2) is 0 Å². The van der Waals surface area contributed by atoms with Gasteiger partial charge >= 0.3 is 5.69 Å². The summed E-state index contributed by atoms with van der Waals surface area (Å²) < 4.78 is 1.16. The lowest BCUT2D eigenvalue weighted by Gasteiger charge is -2.15. The fourth-order valence-corrected chi connectivity index (χ4v) is 2.45. The molecule has 0 spiro atoms. The summed E-state index contributed by atoms with van der Waals surface area (Å²) in [5.74, 6) is -0.479. The molecule has 0 fully saturated rings. The molecule has 0 aliphatic carbocycles. The first-order chi connectivity index (χ1) is 12.0. The molecule has 128 valence electrons. The van der Waals surface area contributed by atoms with E-state index in [4.69, 9.17) is 0 Å². The number of aromatic nitrogens is 4. The van der Waals surface area contributed by atoms with E-state index in [9.17, 15) is 14.4 Å². The van der Waals surface area contributed by atoms with Crippen LogP contribution < -0.4 is 11.2 Å². The van der Waals surface area contributed by atoms with Crippen molar-refractivity contribution in [2.45, 2.75) is 6.54 Å². The molecule has 3 aromatic rings. The average Bonchev–Trinajstić information content (AvgIpc) is 3.07. The van der Waals surface area contributed by atoms with Crippen molar-refractivity contribution in [2.24, 2.45) is 7.05 Å². The zero-order valence-corrected chi connectivity index (χ0v) is 13.8. The van der Waals surface area contributed by atoms with Crippen LogP contribution in [0, 0.1) is 0 Å². The number of H-pyrrole nitrogens is 2. The van der Waals surface area contributed by atoms with E-state index in [0.29, 0.717) is 0 Å². The summed E-state index contributed by atoms with van der Waals surface area (Å²) in [6.07, 6.45) is 1.24. The predicted molar refractivity (Wildman–Crippen MR) is 92.1 cm³/mol. The topological polar surface area (TPSA) is 104 Å². The number of aromatic amines is 2. The number of hydrogen-bond donors (Lipinski definition) is 2. The molecule has 0 aliphatic rings. The number of benzene rings is 1. The quantitative estimate of drug-likeness (QED) is 0.731. The van der Waals surface area contributed by atoms with Crippen LogP contribution >= 0.6 is 0 Å². The highest BCUT2D eigenvalue weighted by molar-refractivity contribution is 5.93. The number of hydrogen-bond acceptors (Lipinski definition) is 4. The highest BCUT2D eigenvalue weighted by Crippen LogP contribution is 2.17. The zero-order chi connectivity index (χ0) is 18.0. The van der Waals surface area contributed by atoms with Crippen LogP contribution in [0.3, 0.4) is 0 Å².